The molecule has 0 bridgehead atoms. The third kappa shape index (κ3) is 6.49. The average Bonchev–Trinajstić information content (AvgIpc) is 2.69. The lowest BCUT2D eigenvalue weighted by Crippen LogP contribution is -2.74. The Hall–Kier alpha value is -1.51. The number of aliphatic hydroxyl groups is 1. The minimum Gasteiger partial charge on any atom is -0.395 e. The molecule has 2 rings (SSSR count). The number of β-amino-alcohol motifs (C(OH)–C–C–N with tert-alkyl or cyclic N) is 1. The molecule has 0 unspecified atom stereocenters. The highest BCUT2D eigenvalue weighted by Crippen LogP contribution is 2.28. The summed E-state index contributed by atoms with van der Waals surface area (Å²) in [5.41, 5.74) is -1.31. The number of hydrogen-bond acceptors (Lipinski definition) is 6. The number of barbiturate groups is 1. The predicted octanol–water partition coefficient (Wildman–Crippen LogP) is 1.62. The second kappa shape index (κ2) is 12.2. The molecule has 3 N–H and O–H groups in total. The van der Waals surface area contributed by atoms with Gasteiger partial charge in [-0.3, -0.25) is 30.0 Å². The van der Waals surface area contributed by atoms with E-state index in [4.69, 9.17) is 5.11 Å². The largest absolute Gasteiger partial charge is 0.395 e. The minimum absolute atomic E-state index is 0.0963. The number of carbonyl (C=O) groups is 3. The first-order valence-corrected chi connectivity index (χ1v) is 11.3. The van der Waals surface area contributed by atoms with Crippen LogP contribution < -0.4 is 10.6 Å². The highest BCUT2D eigenvalue weighted by Gasteiger charge is 2.54. The molecule has 0 aliphatic carbocycles. The summed E-state index contributed by atoms with van der Waals surface area (Å²) in [6.45, 7) is 5.41. The average molecular weight is 411 g/mol. The zero-order valence-electron chi connectivity index (χ0n) is 17.9. The van der Waals surface area contributed by atoms with Crippen molar-refractivity contribution < 1.29 is 19.5 Å². The van der Waals surface area contributed by atoms with Gasteiger partial charge >= 0.3 is 6.03 Å². The van der Waals surface area contributed by atoms with E-state index in [1.807, 2.05) is 4.90 Å². The molecule has 0 aromatic carbocycles. The lowest BCUT2D eigenvalue weighted by atomic mass is 9.85. The minimum atomic E-state index is -1.31. The first-order chi connectivity index (χ1) is 14.0. The molecule has 4 amide bonds. The molecule has 166 valence electrons. The summed E-state index contributed by atoms with van der Waals surface area (Å²) in [7, 11) is 0. The van der Waals surface area contributed by atoms with Crippen LogP contribution in [0.25, 0.3) is 0 Å². The van der Waals surface area contributed by atoms with Gasteiger partial charge in [-0.1, -0.05) is 64.7 Å². The lowest BCUT2D eigenvalue weighted by molar-refractivity contribution is -0.150. The van der Waals surface area contributed by atoms with Gasteiger partial charge in [0.1, 0.15) is 0 Å². The molecule has 0 atom stereocenters. The highest BCUT2D eigenvalue weighted by molar-refractivity contribution is 6.22. The van der Waals surface area contributed by atoms with Crippen molar-refractivity contribution in [2.24, 2.45) is 0 Å². The maximum Gasteiger partial charge on any atom is 0.328 e. The van der Waals surface area contributed by atoms with Crippen molar-refractivity contribution in [2.75, 3.05) is 39.3 Å². The van der Waals surface area contributed by atoms with E-state index in [0.29, 0.717) is 39.1 Å². The number of piperazine rings is 1. The molecule has 0 saturated carbocycles. The molecule has 8 nitrogen and oxygen atoms in total. The van der Waals surface area contributed by atoms with E-state index in [2.05, 4.69) is 22.5 Å². The maximum atomic E-state index is 12.8. The monoisotopic (exact) mass is 410 g/mol. The number of aliphatic hydroxyl groups excluding tert-OH is 1. The number of unbranched alkanes of at least 4 members (excludes halogenated alkanes) is 8. The van der Waals surface area contributed by atoms with Gasteiger partial charge in [0.05, 0.1) is 6.61 Å². The van der Waals surface area contributed by atoms with Crippen LogP contribution in [0.1, 0.15) is 71.1 Å². The van der Waals surface area contributed by atoms with Crippen LogP contribution in [0.15, 0.2) is 0 Å². The first kappa shape index (κ1) is 23.8. The molecule has 2 aliphatic heterocycles. The quantitative estimate of drug-likeness (QED) is 0.315. The summed E-state index contributed by atoms with van der Waals surface area (Å²) in [4.78, 5) is 41.3. The van der Waals surface area contributed by atoms with Gasteiger partial charge in [0.15, 0.2) is 5.54 Å². The van der Waals surface area contributed by atoms with Crippen molar-refractivity contribution in [3.8, 4) is 0 Å². The summed E-state index contributed by atoms with van der Waals surface area (Å²) >= 11 is 0. The van der Waals surface area contributed by atoms with Crippen molar-refractivity contribution in [1.29, 1.82) is 0 Å². The van der Waals surface area contributed by atoms with E-state index >= 15 is 0 Å². The summed E-state index contributed by atoms with van der Waals surface area (Å²) in [5, 5.41) is 13.7. The lowest BCUT2D eigenvalue weighted by Gasteiger charge is -2.46. The molecule has 8 heteroatoms. The van der Waals surface area contributed by atoms with E-state index in [1.165, 1.54) is 38.5 Å². The number of imide groups is 2. The van der Waals surface area contributed by atoms with Crippen molar-refractivity contribution in [1.82, 2.24) is 20.4 Å². The Balaban J connectivity index is 1.88. The number of hydrogen-bond donors (Lipinski definition) is 3. The molecule has 0 aromatic heterocycles. The van der Waals surface area contributed by atoms with E-state index < -0.39 is 23.4 Å². The second-order valence-electron chi connectivity index (χ2n) is 8.23. The third-order valence-electron chi connectivity index (χ3n) is 6.18. The van der Waals surface area contributed by atoms with Gasteiger partial charge in [0.25, 0.3) is 11.8 Å². The SMILES string of the molecule is CCCCCCCCCCCC1(N2CCN(CCO)CC2)C(=O)NC(=O)NC1=O. The third-order valence-corrected chi connectivity index (χ3v) is 6.18. The number of carbonyl (C=O) groups excluding carboxylic acids is 3. The fourth-order valence-electron chi connectivity index (χ4n) is 4.41. The van der Waals surface area contributed by atoms with Gasteiger partial charge in [0, 0.05) is 32.7 Å². The van der Waals surface area contributed by atoms with Crippen LogP contribution in [-0.4, -0.2) is 77.6 Å². The molecular weight excluding hydrogens is 372 g/mol. The van der Waals surface area contributed by atoms with Gasteiger partial charge in [0.2, 0.25) is 0 Å². The van der Waals surface area contributed by atoms with Crippen molar-refractivity contribution in [3.63, 3.8) is 0 Å². The molecule has 2 fully saturated rings. The van der Waals surface area contributed by atoms with E-state index in [9.17, 15) is 14.4 Å². The molecule has 0 spiro atoms. The van der Waals surface area contributed by atoms with E-state index in [-0.39, 0.29) is 6.61 Å². The van der Waals surface area contributed by atoms with E-state index in [1.54, 1.807) is 0 Å². The summed E-state index contributed by atoms with van der Waals surface area (Å²) < 4.78 is 0. The van der Waals surface area contributed by atoms with Crippen LogP contribution in [0.4, 0.5) is 4.79 Å². The first-order valence-electron chi connectivity index (χ1n) is 11.3. The van der Waals surface area contributed by atoms with Crippen molar-refractivity contribution >= 4 is 17.8 Å². The Labute approximate surface area is 174 Å². The maximum absolute atomic E-state index is 12.8. The Morgan fingerprint density at radius 2 is 1.34 bits per heavy atom. The Morgan fingerprint density at radius 1 is 0.828 bits per heavy atom. The molecule has 2 saturated heterocycles. The summed E-state index contributed by atoms with van der Waals surface area (Å²) in [6, 6.07) is -0.735. The van der Waals surface area contributed by atoms with Crippen LogP contribution in [0.2, 0.25) is 0 Å². The highest BCUT2D eigenvalue weighted by atomic mass is 16.3. The summed E-state index contributed by atoms with van der Waals surface area (Å²) in [5.74, 6) is -0.997. The number of nitrogens with one attached hydrogen (secondary N) is 2. The second-order valence-corrected chi connectivity index (χ2v) is 8.23. The normalized spacial score (nSPS) is 20.6. The number of amides is 4. The Bertz CT molecular complexity index is 527. The predicted molar refractivity (Wildman–Crippen MR) is 111 cm³/mol. The fraction of sp³-hybridized carbons (Fsp3) is 0.857. The van der Waals surface area contributed by atoms with Crippen LogP contribution in [0.3, 0.4) is 0 Å². The zero-order valence-corrected chi connectivity index (χ0v) is 17.9. The molecule has 0 radical (unpaired) electrons. The van der Waals surface area contributed by atoms with Gasteiger partial charge in [-0.25, -0.2) is 4.79 Å². The molecule has 2 aliphatic rings. The molecule has 29 heavy (non-hydrogen) atoms. The van der Waals surface area contributed by atoms with Gasteiger partial charge in [-0.05, 0) is 6.42 Å². The number of rotatable bonds is 13. The molecular formula is C21H38N4O4. The van der Waals surface area contributed by atoms with Crippen LogP contribution in [-0.2, 0) is 9.59 Å². The van der Waals surface area contributed by atoms with Crippen molar-refractivity contribution in [2.45, 2.75) is 76.7 Å². The number of urea groups is 1. The fourth-order valence-corrected chi connectivity index (χ4v) is 4.41. The standard InChI is InChI=1S/C21H38N4O4/c1-2-3-4-5-6-7-8-9-10-11-21(18(27)22-20(29)23-19(21)28)25-14-12-24(13-15-25)16-17-26/h26H,2-17H2,1H3,(H2,22,23,27,28,29). The van der Waals surface area contributed by atoms with Crippen LogP contribution in [0.5, 0.6) is 0 Å². The zero-order chi connectivity index (χ0) is 21.1. The molecule has 0 aromatic rings. The summed E-state index contributed by atoms with van der Waals surface area (Å²) in [6.07, 6.45) is 10.9. The van der Waals surface area contributed by atoms with Crippen LogP contribution >= 0.6 is 0 Å². The Morgan fingerprint density at radius 3 is 1.86 bits per heavy atom. The molecule has 2 heterocycles. The smallest absolute Gasteiger partial charge is 0.328 e. The topological polar surface area (TPSA) is 102 Å². The van der Waals surface area contributed by atoms with Gasteiger partial charge < -0.3 is 5.11 Å². The Kier molecular flexibility index (Phi) is 10.0. The van der Waals surface area contributed by atoms with E-state index in [0.717, 1.165) is 19.3 Å². The van der Waals surface area contributed by atoms with Gasteiger partial charge in [-0.2, -0.15) is 0 Å². The van der Waals surface area contributed by atoms with Crippen LogP contribution in [0, 0.1) is 0 Å². The number of nitrogens with zero attached hydrogens (tertiary/aromatic N) is 2. The van der Waals surface area contributed by atoms with Crippen molar-refractivity contribution in [3.05, 3.63) is 0 Å². The van der Waals surface area contributed by atoms with Gasteiger partial charge in [-0.15, -0.1) is 0 Å².